The first-order valence-electron chi connectivity index (χ1n) is 5.00. The predicted molar refractivity (Wildman–Crippen MR) is 64.2 cm³/mol. The molecule has 0 fully saturated rings. The van der Waals surface area contributed by atoms with E-state index in [4.69, 9.17) is 5.73 Å². The zero-order chi connectivity index (χ0) is 11.7. The van der Waals surface area contributed by atoms with E-state index < -0.39 is 0 Å². The van der Waals surface area contributed by atoms with Crippen LogP contribution < -0.4 is 11.3 Å². The minimum absolute atomic E-state index is 0.211. The second-order valence-electron chi connectivity index (χ2n) is 3.81. The highest BCUT2D eigenvalue weighted by atomic mass is 16.1. The van der Waals surface area contributed by atoms with Crippen molar-refractivity contribution in [2.75, 3.05) is 5.73 Å². The Labute approximate surface area is 93.2 Å². The van der Waals surface area contributed by atoms with Gasteiger partial charge < -0.3 is 10.7 Å². The fourth-order valence-corrected chi connectivity index (χ4v) is 1.53. The molecule has 0 aliphatic carbocycles. The molecule has 0 bridgehead atoms. The van der Waals surface area contributed by atoms with Gasteiger partial charge in [-0.15, -0.1) is 0 Å². The Morgan fingerprint density at radius 1 is 1.31 bits per heavy atom. The summed E-state index contributed by atoms with van der Waals surface area (Å²) in [6, 6.07) is 5.55. The molecule has 0 spiro atoms. The Morgan fingerprint density at radius 2 is 2.06 bits per heavy atom. The number of H-pyrrole nitrogens is 1. The largest absolute Gasteiger partial charge is 0.394 e. The molecule has 4 nitrogen and oxygen atoms in total. The third-order valence-electron chi connectivity index (χ3n) is 2.45. The van der Waals surface area contributed by atoms with Crippen LogP contribution in [0.25, 0.3) is 11.3 Å². The summed E-state index contributed by atoms with van der Waals surface area (Å²) >= 11 is 0. The van der Waals surface area contributed by atoms with Crippen molar-refractivity contribution in [3.8, 4) is 11.3 Å². The molecule has 0 aromatic carbocycles. The summed E-state index contributed by atoms with van der Waals surface area (Å²) in [6.07, 6.45) is 1.79. The van der Waals surface area contributed by atoms with E-state index >= 15 is 0 Å². The van der Waals surface area contributed by atoms with Gasteiger partial charge in [0.1, 0.15) is 0 Å². The smallest absolute Gasteiger partial charge is 0.271 e. The lowest BCUT2D eigenvalue weighted by molar-refractivity contribution is 1.14. The van der Waals surface area contributed by atoms with Crippen LogP contribution in [0.4, 0.5) is 5.69 Å². The molecule has 3 N–H and O–H groups in total. The van der Waals surface area contributed by atoms with E-state index in [-0.39, 0.29) is 11.2 Å². The number of aryl methyl sites for hydroxylation is 2. The summed E-state index contributed by atoms with van der Waals surface area (Å²) in [5, 5.41) is 0. The highest BCUT2D eigenvalue weighted by molar-refractivity contribution is 5.65. The number of hydrogen-bond acceptors (Lipinski definition) is 3. The van der Waals surface area contributed by atoms with Gasteiger partial charge in [-0.25, -0.2) is 0 Å². The summed E-state index contributed by atoms with van der Waals surface area (Å²) in [5.74, 6) is 0. The lowest BCUT2D eigenvalue weighted by Gasteiger charge is -2.06. The van der Waals surface area contributed by atoms with Crippen LogP contribution in [0.5, 0.6) is 0 Å². The second kappa shape index (κ2) is 3.81. The molecule has 4 heteroatoms. The van der Waals surface area contributed by atoms with Gasteiger partial charge in [0.2, 0.25) is 0 Å². The molecule has 0 unspecified atom stereocenters. The number of nitrogen functional groups attached to an aromatic ring is 1. The van der Waals surface area contributed by atoms with Crippen LogP contribution in [-0.2, 0) is 0 Å². The molecule has 2 aromatic heterocycles. The summed E-state index contributed by atoms with van der Waals surface area (Å²) in [5.41, 5.74) is 9.08. The molecule has 0 aliphatic rings. The molecule has 0 saturated heterocycles. The topological polar surface area (TPSA) is 71.8 Å². The monoisotopic (exact) mass is 215 g/mol. The molecule has 82 valence electrons. The van der Waals surface area contributed by atoms with E-state index in [1.54, 1.807) is 12.3 Å². The van der Waals surface area contributed by atoms with Crippen LogP contribution in [0.1, 0.15) is 11.3 Å². The van der Waals surface area contributed by atoms with Crippen molar-refractivity contribution in [1.29, 1.82) is 0 Å². The van der Waals surface area contributed by atoms with Crippen LogP contribution >= 0.6 is 0 Å². The Kier molecular flexibility index (Phi) is 2.48. The standard InChI is InChI=1S/C12H13N3O/c1-7-3-4-11(14-6-7)9-5-10(13)12(16)15-8(9)2/h3-6H,13H2,1-2H3,(H,15,16). The van der Waals surface area contributed by atoms with Crippen LogP contribution in [0.3, 0.4) is 0 Å². The zero-order valence-electron chi connectivity index (χ0n) is 9.24. The van der Waals surface area contributed by atoms with Gasteiger partial charge >= 0.3 is 0 Å². The number of pyridine rings is 2. The maximum Gasteiger partial charge on any atom is 0.271 e. The van der Waals surface area contributed by atoms with Crippen molar-refractivity contribution in [1.82, 2.24) is 9.97 Å². The van der Waals surface area contributed by atoms with Crippen molar-refractivity contribution in [3.05, 3.63) is 46.0 Å². The van der Waals surface area contributed by atoms with E-state index in [9.17, 15) is 4.79 Å². The summed E-state index contributed by atoms with van der Waals surface area (Å²) in [7, 11) is 0. The van der Waals surface area contributed by atoms with Gasteiger partial charge in [0.05, 0.1) is 11.4 Å². The maximum absolute atomic E-state index is 11.3. The summed E-state index contributed by atoms with van der Waals surface area (Å²) in [4.78, 5) is 18.3. The van der Waals surface area contributed by atoms with Gasteiger partial charge in [0.25, 0.3) is 5.56 Å². The molecule has 0 aliphatic heterocycles. The quantitative estimate of drug-likeness (QED) is 0.759. The third-order valence-corrected chi connectivity index (χ3v) is 2.45. The van der Waals surface area contributed by atoms with Gasteiger partial charge in [0.15, 0.2) is 0 Å². The molecule has 0 atom stereocenters. The normalized spacial score (nSPS) is 10.4. The molecule has 0 saturated carbocycles. The average molecular weight is 215 g/mol. The third kappa shape index (κ3) is 1.82. The Morgan fingerprint density at radius 3 is 2.69 bits per heavy atom. The number of nitrogens with one attached hydrogen (secondary N) is 1. The number of aromatic amines is 1. The van der Waals surface area contributed by atoms with E-state index in [1.165, 1.54) is 0 Å². The van der Waals surface area contributed by atoms with Crippen LogP contribution in [0.15, 0.2) is 29.2 Å². The Hall–Kier alpha value is -2.10. The number of anilines is 1. The average Bonchev–Trinajstić information content (AvgIpc) is 2.25. The fraction of sp³-hybridized carbons (Fsp3) is 0.167. The van der Waals surface area contributed by atoms with E-state index in [0.29, 0.717) is 0 Å². The molecule has 16 heavy (non-hydrogen) atoms. The van der Waals surface area contributed by atoms with Gasteiger partial charge in [-0.3, -0.25) is 9.78 Å². The minimum atomic E-state index is -0.256. The highest BCUT2D eigenvalue weighted by Crippen LogP contribution is 2.20. The summed E-state index contributed by atoms with van der Waals surface area (Å²) < 4.78 is 0. The van der Waals surface area contributed by atoms with E-state index in [2.05, 4.69) is 9.97 Å². The molecule has 2 heterocycles. The zero-order valence-corrected chi connectivity index (χ0v) is 9.24. The van der Waals surface area contributed by atoms with Crippen molar-refractivity contribution >= 4 is 5.69 Å². The van der Waals surface area contributed by atoms with Crippen molar-refractivity contribution < 1.29 is 0 Å². The fourth-order valence-electron chi connectivity index (χ4n) is 1.53. The molecule has 2 aromatic rings. The van der Waals surface area contributed by atoms with Crippen molar-refractivity contribution in [2.45, 2.75) is 13.8 Å². The first kappa shape index (κ1) is 10.4. The first-order chi connectivity index (χ1) is 7.58. The van der Waals surface area contributed by atoms with Crippen LogP contribution in [0, 0.1) is 13.8 Å². The van der Waals surface area contributed by atoms with E-state index in [1.807, 2.05) is 26.0 Å². The number of rotatable bonds is 1. The Balaban J connectivity index is 2.60. The minimum Gasteiger partial charge on any atom is -0.394 e. The Bertz CT molecular complexity index is 570. The summed E-state index contributed by atoms with van der Waals surface area (Å²) in [6.45, 7) is 3.81. The molecule has 0 radical (unpaired) electrons. The van der Waals surface area contributed by atoms with Crippen molar-refractivity contribution in [3.63, 3.8) is 0 Å². The van der Waals surface area contributed by atoms with Crippen LogP contribution in [0.2, 0.25) is 0 Å². The maximum atomic E-state index is 11.3. The molecular weight excluding hydrogens is 202 g/mol. The first-order valence-corrected chi connectivity index (χ1v) is 5.00. The van der Waals surface area contributed by atoms with Gasteiger partial charge in [-0.2, -0.15) is 0 Å². The molecule has 0 amide bonds. The predicted octanol–water partition coefficient (Wildman–Crippen LogP) is 1.64. The van der Waals surface area contributed by atoms with Crippen molar-refractivity contribution in [2.24, 2.45) is 0 Å². The van der Waals surface area contributed by atoms with E-state index in [0.717, 1.165) is 22.5 Å². The SMILES string of the molecule is Cc1ccc(-c2cc(N)c(=O)[nH]c2C)nc1. The molecule has 2 rings (SSSR count). The lowest BCUT2D eigenvalue weighted by atomic mass is 10.1. The number of hydrogen-bond donors (Lipinski definition) is 2. The van der Waals surface area contributed by atoms with Crippen LogP contribution in [-0.4, -0.2) is 9.97 Å². The number of aromatic nitrogens is 2. The lowest BCUT2D eigenvalue weighted by Crippen LogP contribution is -2.13. The van der Waals surface area contributed by atoms with Gasteiger partial charge in [0, 0.05) is 17.5 Å². The number of nitrogens with zero attached hydrogens (tertiary/aromatic N) is 1. The number of nitrogens with two attached hydrogens (primary N) is 1. The molecular formula is C12H13N3O. The van der Waals surface area contributed by atoms with Gasteiger partial charge in [-0.05, 0) is 31.5 Å². The highest BCUT2D eigenvalue weighted by Gasteiger charge is 2.06. The van der Waals surface area contributed by atoms with Gasteiger partial charge in [-0.1, -0.05) is 6.07 Å². The second-order valence-corrected chi connectivity index (χ2v) is 3.81.